The summed E-state index contributed by atoms with van der Waals surface area (Å²) in [6.45, 7) is 4.23. The Hall–Kier alpha value is -2.22. The van der Waals surface area contributed by atoms with Gasteiger partial charge in [-0.25, -0.2) is 10.2 Å². The number of nitrogens with zero attached hydrogens (tertiary/aromatic N) is 1. The molecule has 134 valence electrons. The molecular weight excluding hydrogens is 342 g/mol. The van der Waals surface area contributed by atoms with Crippen LogP contribution in [0.1, 0.15) is 53.9 Å². The van der Waals surface area contributed by atoms with Crippen molar-refractivity contribution in [3.05, 3.63) is 16.0 Å². The lowest BCUT2D eigenvalue weighted by atomic mass is 9.88. The van der Waals surface area contributed by atoms with E-state index in [1.807, 2.05) is 0 Å². The highest BCUT2D eigenvalue weighted by Gasteiger charge is 2.30. The van der Waals surface area contributed by atoms with Gasteiger partial charge in [0.2, 0.25) is 5.91 Å². The van der Waals surface area contributed by atoms with E-state index in [0.29, 0.717) is 16.5 Å². The number of amides is 2. The Bertz CT molecular complexity index is 753. The van der Waals surface area contributed by atoms with Crippen molar-refractivity contribution in [1.82, 2.24) is 5.43 Å². The molecule has 1 aromatic rings. The fourth-order valence-corrected chi connectivity index (χ4v) is 4.47. The predicted molar refractivity (Wildman–Crippen MR) is 94.9 cm³/mol. The second kappa shape index (κ2) is 7.35. The Balaban J connectivity index is 1.88. The van der Waals surface area contributed by atoms with E-state index in [4.69, 9.17) is 4.74 Å². The molecule has 2 N–H and O–H groups in total. The van der Waals surface area contributed by atoms with Gasteiger partial charge in [0, 0.05) is 17.7 Å². The molecule has 8 heteroatoms. The molecule has 25 heavy (non-hydrogen) atoms. The number of fused-ring (bicyclic) bond motifs is 1. The lowest BCUT2D eigenvalue weighted by Crippen LogP contribution is -2.32. The van der Waals surface area contributed by atoms with E-state index in [1.165, 1.54) is 11.3 Å². The smallest absolute Gasteiger partial charge is 0.341 e. The lowest BCUT2D eigenvalue weighted by Gasteiger charge is -2.18. The molecule has 0 saturated carbocycles. The number of ether oxygens (including phenoxy) is 1. The molecule has 0 aromatic carbocycles. The zero-order chi connectivity index (χ0) is 18.0. The summed E-state index contributed by atoms with van der Waals surface area (Å²) in [6, 6.07) is 0. The van der Waals surface area contributed by atoms with Gasteiger partial charge in [-0.3, -0.25) is 9.59 Å². The number of nitrogens with one attached hydrogen (secondary N) is 2. The second-order valence-corrected chi connectivity index (χ2v) is 7.43. The number of esters is 1. The molecule has 2 aliphatic rings. The first-order valence-corrected chi connectivity index (χ1v) is 9.29. The molecule has 0 bridgehead atoms. The Morgan fingerprint density at radius 2 is 2.16 bits per heavy atom. The van der Waals surface area contributed by atoms with Gasteiger partial charge in [-0.15, -0.1) is 11.3 Å². The van der Waals surface area contributed by atoms with Crippen LogP contribution in [0.4, 0.5) is 5.00 Å². The fourth-order valence-electron chi connectivity index (χ4n) is 3.07. The quantitative estimate of drug-likeness (QED) is 0.802. The zero-order valence-electron chi connectivity index (χ0n) is 14.3. The van der Waals surface area contributed by atoms with Crippen LogP contribution in [-0.2, 0) is 27.2 Å². The molecule has 3 rings (SSSR count). The number of hydrogen-bond donors (Lipinski definition) is 2. The van der Waals surface area contributed by atoms with Crippen LogP contribution in [0.3, 0.4) is 0 Å². The maximum Gasteiger partial charge on any atom is 0.341 e. The summed E-state index contributed by atoms with van der Waals surface area (Å²) >= 11 is 1.44. The van der Waals surface area contributed by atoms with Gasteiger partial charge in [0.05, 0.1) is 12.2 Å². The summed E-state index contributed by atoms with van der Waals surface area (Å²) in [4.78, 5) is 37.2. The molecule has 2 amide bonds. The van der Waals surface area contributed by atoms with Crippen molar-refractivity contribution in [2.75, 3.05) is 11.9 Å². The highest BCUT2D eigenvalue weighted by molar-refractivity contribution is 7.17. The number of hydrazone groups is 1. The van der Waals surface area contributed by atoms with Crippen molar-refractivity contribution >= 4 is 39.8 Å². The van der Waals surface area contributed by atoms with Gasteiger partial charge in [-0.2, -0.15) is 5.10 Å². The van der Waals surface area contributed by atoms with Crippen LogP contribution < -0.4 is 10.7 Å². The SMILES string of the molecule is CCOC(=O)c1c(NC(=O)C2=NNC(=O)CC2)sc2c1CC[C@@H](C)C2. The summed E-state index contributed by atoms with van der Waals surface area (Å²) < 4.78 is 5.19. The third kappa shape index (κ3) is 3.73. The fraction of sp³-hybridized carbons (Fsp3) is 0.529. The van der Waals surface area contributed by atoms with Crippen molar-refractivity contribution in [2.45, 2.75) is 46.0 Å². The molecular formula is C17H21N3O4S. The van der Waals surface area contributed by atoms with E-state index in [1.54, 1.807) is 6.92 Å². The number of rotatable bonds is 4. The van der Waals surface area contributed by atoms with Crippen LogP contribution in [0.15, 0.2) is 5.10 Å². The minimum atomic E-state index is -0.399. The molecule has 0 saturated heterocycles. The molecule has 1 aliphatic carbocycles. The Labute approximate surface area is 149 Å². The maximum absolute atomic E-state index is 12.4. The average Bonchev–Trinajstić information content (AvgIpc) is 2.92. The minimum absolute atomic E-state index is 0.204. The Morgan fingerprint density at radius 3 is 2.84 bits per heavy atom. The molecule has 0 radical (unpaired) electrons. The summed E-state index contributed by atoms with van der Waals surface area (Å²) in [7, 11) is 0. The molecule has 0 fully saturated rings. The molecule has 2 heterocycles. The van der Waals surface area contributed by atoms with Gasteiger partial charge < -0.3 is 10.1 Å². The number of thiophene rings is 1. The van der Waals surface area contributed by atoms with Crippen LogP contribution in [0, 0.1) is 5.92 Å². The summed E-state index contributed by atoms with van der Waals surface area (Å²) in [6.07, 6.45) is 3.25. The van der Waals surface area contributed by atoms with Crippen molar-refractivity contribution in [3.63, 3.8) is 0 Å². The largest absolute Gasteiger partial charge is 0.462 e. The van der Waals surface area contributed by atoms with E-state index in [2.05, 4.69) is 22.8 Å². The van der Waals surface area contributed by atoms with Gasteiger partial charge in [0.15, 0.2) is 0 Å². The van der Waals surface area contributed by atoms with Crippen molar-refractivity contribution < 1.29 is 19.1 Å². The highest BCUT2D eigenvalue weighted by Crippen LogP contribution is 2.40. The van der Waals surface area contributed by atoms with Crippen LogP contribution >= 0.6 is 11.3 Å². The summed E-state index contributed by atoms with van der Waals surface area (Å²) in [5.41, 5.74) is 4.04. The zero-order valence-corrected chi connectivity index (χ0v) is 15.1. The molecule has 1 aliphatic heterocycles. The van der Waals surface area contributed by atoms with Crippen LogP contribution in [-0.4, -0.2) is 30.1 Å². The number of carbonyl (C=O) groups excluding carboxylic acids is 3. The third-order valence-electron chi connectivity index (χ3n) is 4.38. The Kier molecular flexibility index (Phi) is 5.17. The molecule has 7 nitrogen and oxygen atoms in total. The van der Waals surface area contributed by atoms with E-state index >= 15 is 0 Å². The average molecular weight is 363 g/mol. The normalized spacial score (nSPS) is 19.5. The molecule has 1 atom stereocenters. The predicted octanol–water partition coefficient (Wildman–Crippen LogP) is 2.25. The molecule has 0 unspecified atom stereocenters. The second-order valence-electron chi connectivity index (χ2n) is 6.32. The van der Waals surface area contributed by atoms with Gasteiger partial charge in [-0.05, 0) is 37.7 Å². The lowest BCUT2D eigenvalue weighted by molar-refractivity contribution is -0.121. The summed E-state index contributed by atoms with van der Waals surface area (Å²) in [5, 5.41) is 7.12. The molecule has 0 spiro atoms. The topological polar surface area (TPSA) is 96.9 Å². The van der Waals surface area contributed by atoms with E-state index in [9.17, 15) is 14.4 Å². The first-order valence-electron chi connectivity index (χ1n) is 8.48. The van der Waals surface area contributed by atoms with Gasteiger partial charge in [0.1, 0.15) is 10.7 Å². The van der Waals surface area contributed by atoms with E-state index < -0.39 is 11.9 Å². The summed E-state index contributed by atoms with van der Waals surface area (Å²) in [5.74, 6) is -0.437. The Morgan fingerprint density at radius 1 is 1.36 bits per heavy atom. The van der Waals surface area contributed by atoms with Gasteiger partial charge >= 0.3 is 5.97 Å². The van der Waals surface area contributed by atoms with Crippen LogP contribution in [0.25, 0.3) is 0 Å². The highest BCUT2D eigenvalue weighted by atomic mass is 32.1. The third-order valence-corrected chi connectivity index (χ3v) is 5.55. The van der Waals surface area contributed by atoms with Crippen LogP contribution in [0.5, 0.6) is 0 Å². The van der Waals surface area contributed by atoms with E-state index in [-0.39, 0.29) is 31.1 Å². The maximum atomic E-state index is 12.4. The van der Waals surface area contributed by atoms with Crippen molar-refractivity contribution in [1.29, 1.82) is 0 Å². The van der Waals surface area contributed by atoms with Crippen molar-refractivity contribution in [3.8, 4) is 0 Å². The molecule has 1 aromatic heterocycles. The van der Waals surface area contributed by atoms with Gasteiger partial charge in [0.25, 0.3) is 5.91 Å². The first-order chi connectivity index (χ1) is 12.0. The number of anilines is 1. The number of carbonyl (C=O) groups is 3. The minimum Gasteiger partial charge on any atom is -0.462 e. The standard InChI is InChI=1S/C17H21N3O4S/c1-3-24-17(23)14-10-5-4-9(2)8-12(10)25-16(14)18-15(22)11-6-7-13(21)20-19-11/h9H,3-8H2,1-2H3,(H,18,22)(H,20,21)/t9-/m1/s1. The number of hydrogen-bond acceptors (Lipinski definition) is 6. The van der Waals surface area contributed by atoms with Crippen molar-refractivity contribution in [2.24, 2.45) is 11.0 Å². The van der Waals surface area contributed by atoms with Crippen LogP contribution in [0.2, 0.25) is 0 Å². The van der Waals surface area contributed by atoms with Gasteiger partial charge in [-0.1, -0.05) is 6.92 Å². The first kappa shape index (κ1) is 17.6. The van der Waals surface area contributed by atoms with E-state index in [0.717, 1.165) is 29.7 Å². The monoisotopic (exact) mass is 363 g/mol.